The fraction of sp³-hybridized carbons (Fsp3) is 0.200. The van der Waals surface area contributed by atoms with E-state index in [1.165, 1.54) is 0 Å². The smallest absolute Gasteiger partial charge is 0.357 e. The molecule has 1 aromatic rings. The Hall–Kier alpha value is -0.590. The van der Waals surface area contributed by atoms with Gasteiger partial charge in [-0.25, -0.2) is 9.78 Å². The minimum Gasteiger partial charge on any atom is -0.476 e. The lowest BCUT2D eigenvalue weighted by Gasteiger charge is -1.79. The number of halogens is 1. The fourth-order valence-electron chi connectivity index (χ4n) is 0.470. The van der Waals surface area contributed by atoms with Crippen molar-refractivity contribution in [3.63, 3.8) is 0 Å². The largest absolute Gasteiger partial charge is 0.476 e. The van der Waals surface area contributed by atoms with E-state index >= 15 is 0 Å². The molecule has 4 nitrogen and oxygen atoms in total. The Morgan fingerprint density at radius 1 is 1.90 bits per heavy atom. The van der Waals surface area contributed by atoms with Crippen molar-refractivity contribution < 1.29 is 14.3 Å². The number of alkyl halides is 1. The van der Waals surface area contributed by atoms with Gasteiger partial charge in [-0.1, -0.05) is 22.6 Å². The number of aromatic carboxylic acids is 1. The lowest BCUT2D eigenvalue weighted by Crippen LogP contribution is -1.95. The van der Waals surface area contributed by atoms with Crippen LogP contribution in [0.15, 0.2) is 10.7 Å². The van der Waals surface area contributed by atoms with Crippen LogP contribution in [0.5, 0.6) is 0 Å². The number of hydrogen-bond donors (Lipinski definition) is 1. The maximum Gasteiger partial charge on any atom is 0.357 e. The molecule has 0 bridgehead atoms. The molecule has 0 amide bonds. The van der Waals surface area contributed by atoms with E-state index in [0.29, 0.717) is 10.3 Å². The van der Waals surface area contributed by atoms with E-state index in [2.05, 4.69) is 4.98 Å². The summed E-state index contributed by atoms with van der Waals surface area (Å²) in [5.41, 5.74) is -0.0355. The van der Waals surface area contributed by atoms with Gasteiger partial charge in [0.25, 0.3) is 0 Å². The van der Waals surface area contributed by atoms with E-state index in [4.69, 9.17) is 9.52 Å². The quantitative estimate of drug-likeness (QED) is 0.637. The predicted molar refractivity (Wildman–Crippen MR) is 41.2 cm³/mol. The number of rotatable bonds is 2. The fourth-order valence-corrected chi connectivity index (χ4v) is 0.821. The molecule has 10 heavy (non-hydrogen) atoms. The molecule has 0 aliphatic heterocycles. The third-order valence-corrected chi connectivity index (χ3v) is 1.54. The van der Waals surface area contributed by atoms with Crippen molar-refractivity contribution >= 4 is 28.6 Å². The molecule has 5 heteroatoms. The summed E-state index contributed by atoms with van der Waals surface area (Å²) in [4.78, 5) is 13.9. The molecular weight excluding hydrogens is 249 g/mol. The van der Waals surface area contributed by atoms with E-state index in [9.17, 15) is 4.79 Å². The zero-order valence-corrected chi connectivity index (χ0v) is 7.03. The topological polar surface area (TPSA) is 63.3 Å². The number of carbonyl (C=O) groups is 1. The Kier molecular flexibility index (Phi) is 2.25. The molecule has 0 spiro atoms. The molecule has 1 heterocycles. The van der Waals surface area contributed by atoms with Crippen LogP contribution in [0, 0.1) is 0 Å². The molecule has 1 rings (SSSR count). The molecule has 0 aromatic carbocycles. The minimum atomic E-state index is -1.06. The Morgan fingerprint density at radius 2 is 2.60 bits per heavy atom. The second kappa shape index (κ2) is 3.00. The van der Waals surface area contributed by atoms with Crippen LogP contribution in [-0.4, -0.2) is 16.1 Å². The zero-order valence-electron chi connectivity index (χ0n) is 4.87. The minimum absolute atomic E-state index is 0.0355. The molecule has 0 saturated heterocycles. The molecule has 54 valence electrons. The summed E-state index contributed by atoms with van der Waals surface area (Å²) >= 11 is 2.04. The Morgan fingerprint density at radius 3 is 2.90 bits per heavy atom. The Bertz CT molecular complexity index is 245. The number of oxazole rings is 1. The van der Waals surface area contributed by atoms with Crippen LogP contribution < -0.4 is 0 Å². The van der Waals surface area contributed by atoms with Crippen LogP contribution in [0.2, 0.25) is 0 Å². The Balaban J connectivity index is 2.88. The molecule has 1 aromatic heterocycles. The van der Waals surface area contributed by atoms with E-state index < -0.39 is 5.97 Å². The third kappa shape index (κ3) is 1.47. The number of hydrogen-bond acceptors (Lipinski definition) is 3. The van der Waals surface area contributed by atoms with Crippen molar-refractivity contribution in [3.8, 4) is 0 Å². The van der Waals surface area contributed by atoms with Gasteiger partial charge in [-0.15, -0.1) is 0 Å². The zero-order chi connectivity index (χ0) is 7.56. The SMILES string of the molecule is O=C(O)c1coc(CI)n1. The molecule has 0 unspecified atom stereocenters. The first-order valence-electron chi connectivity index (χ1n) is 2.47. The summed E-state index contributed by atoms with van der Waals surface area (Å²) in [5, 5.41) is 8.37. The van der Waals surface area contributed by atoms with Gasteiger partial charge < -0.3 is 9.52 Å². The highest BCUT2D eigenvalue weighted by Gasteiger charge is 2.08. The molecule has 1 N–H and O–H groups in total. The van der Waals surface area contributed by atoms with E-state index in [0.717, 1.165) is 6.26 Å². The lowest BCUT2D eigenvalue weighted by molar-refractivity contribution is 0.0690. The second-order valence-electron chi connectivity index (χ2n) is 1.57. The third-order valence-electron chi connectivity index (χ3n) is 0.885. The van der Waals surface area contributed by atoms with Crippen molar-refractivity contribution in [1.82, 2.24) is 4.98 Å². The molecule has 0 saturated carbocycles. The second-order valence-corrected chi connectivity index (χ2v) is 2.33. The van der Waals surface area contributed by atoms with E-state index in [1.807, 2.05) is 22.6 Å². The van der Waals surface area contributed by atoms with Gasteiger partial charge in [0, 0.05) is 0 Å². The molecule has 0 fully saturated rings. The predicted octanol–water partition coefficient (Wildman–Crippen LogP) is 1.31. The van der Waals surface area contributed by atoms with Gasteiger partial charge >= 0.3 is 5.97 Å². The van der Waals surface area contributed by atoms with Gasteiger partial charge in [-0.05, 0) is 0 Å². The highest BCUT2D eigenvalue weighted by Crippen LogP contribution is 2.05. The first kappa shape index (κ1) is 7.52. The van der Waals surface area contributed by atoms with Crippen LogP contribution in [0.1, 0.15) is 16.4 Å². The maximum atomic E-state index is 10.2. The first-order chi connectivity index (χ1) is 4.74. The monoisotopic (exact) mass is 253 g/mol. The summed E-state index contributed by atoms with van der Waals surface area (Å²) in [6.45, 7) is 0. The highest BCUT2D eigenvalue weighted by molar-refractivity contribution is 14.1. The van der Waals surface area contributed by atoms with Gasteiger partial charge in [-0.2, -0.15) is 0 Å². The first-order valence-corrected chi connectivity index (χ1v) is 4.00. The van der Waals surface area contributed by atoms with Gasteiger partial charge in [0.2, 0.25) is 5.89 Å². The number of aromatic nitrogens is 1. The average molecular weight is 253 g/mol. The maximum absolute atomic E-state index is 10.2. The summed E-state index contributed by atoms with van der Waals surface area (Å²) < 4.78 is 5.36. The van der Waals surface area contributed by atoms with Crippen molar-refractivity contribution in [3.05, 3.63) is 17.8 Å². The van der Waals surface area contributed by atoms with Crippen molar-refractivity contribution in [1.29, 1.82) is 0 Å². The lowest BCUT2D eigenvalue weighted by atomic mass is 10.5. The van der Waals surface area contributed by atoms with Gasteiger partial charge in [-0.3, -0.25) is 0 Å². The van der Waals surface area contributed by atoms with Crippen molar-refractivity contribution in [2.45, 2.75) is 4.43 Å². The molecule has 0 atom stereocenters. The summed E-state index contributed by atoms with van der Waals surface area (Å²) in [5.74, 6) is -0.613. The molecular formula is C5H4INO3. The van der Waals surface area contributed by atoms with Crippen LogP contribution in [-0.2, 0) is 4.43 Å². The summed E-state index contributed by atoms with van der Waals surface area (Å²) in [7, 11) is 0. The number of carboxylic acids is 1. The van der Waals surface area contributed by atoms with Gasteiger partial charge in [0.15, 0.2) is 5.69 Å². The van der Waals surface area contributed by atoms with Gasteiger partial charge in [0.1, 0.15) is 6.26 Å². The summed E-state index contributed by atoms with van der Waals surface area (Å²) in [6.07, 6.45) is 1.14. The Labute approximate surface area is 70.4 Å². The number of nitrogens with zero attached hydrogens (tertiary/aromatic N) is 1. The van der Waals surface area contributed by atoms with E-state index in [-0.39, 0.29) is 5.69 Å². The molecule has 0 aliphatic rings. The normalized spacial score (nSPS) is 9.70. The van der Waals surface area contributed by atoms with Crippen LogP contribution >= 0.6 is 22.6 Å². The highest BCUT2D eigenvalue weighted by atomic mass is 127. The van der Waals surface area contributed by atoms with Crippen molar-refractivity contribution in [2.24, 2.45) is 0 Å². The number of carboxylic acid groups (broad SMARTS) is 1. The summed E-state index contributed by atoms with van der Waals surface area (Å²) in [6, 6.07) is 0. The van der Waals surface area contributed by atoms with Crippen LogP contribution in [0.25, 0.3) is 0 Å². The van der Waals surface area contributed by atoms with Gasteiger partial charge in [0.05, 0.1) is 4.43 Å². The van der Waals surface area contributed by atoms with Crippen molar-refractivity contribution in [2.75, 3.05) is 0 Å². The standard InChI is InChI=1S/C5H4INO3/c6-1-4-7-3(2-10-4)5(8)9/h2H,1H2,(H,8,9). The van der Waals surface area contributed by atoms with E-state index in [1.54, 1.807) is 0 Å². The van der Waals surface area contributed by atoms with Crippen LogP contribution in [0.4, 0.5) is 0 Å². The molecule has 0 aliphatic carbocycles. The average Bonchev–Trinajstić information content (AvgIpc) is 2.34. The molecule has 0 radical (unpaired) electrons. The van der Waals surface area contributed by atoms with Crippen LogP contribution in [0.3, 0.4) is 0 Å².